The van der Waals surface area contributed by atoms with Crippen molar-refractivity contribution in [2.75, 3.05) is 32.3 Å². The summed E-state index contributed by atoms with van der Waals surface area (Å²) in [4.78, 5) is 35.9. The molecule has 0 atom stereocenters. The van der Waals surface area contributed by atoms with E-state index < -0.39 is 6.29 Å². The summed E-state index contributed by atoms with van der Waals surface area (Å²) < 4.78 is 22.9. The number of ether oxygens (including phenoxy) is 4. The fourth-order valence-electron chi connectivity index (χ4n) is 3.92. The molecule has 5 heterocycles. The van der Waals surface area contributed by atoms with Crippen molar-refractivity contribution in [3.63, 3.8) is 0 Å². The Morgan fingerprint density at radius 2 is 1.91 bits per heavy atom. The minimum atomic E-state index is -0.469. The van der Waals surface area contributed by atoms with Crippen molar-refractivity contribution >= 4 is 11.6 Å². The highest BCUT2D eigenvalue weighted by Crippen LogP contribution is 2.32. The van der Waals surface area contributed by atoms with E-state index in [-0.39, 0.29) is 24.6 Å². The second-order valence-electron chi connectivity index (χ2n) is 7.57. The Morgan fingerprint density at radius 1 is 1.09 bits per heavy atom. The van der Waals surface area contributed by atoms with Crippen molar-refractivity contribution in [3.05, 3.63) is 64.3 Å². The van der Waals surface area contributed by atoms with Crippen LogP contribution in [0.2, 0.25) is 0 Å². The van der Waals surface area contributed by atoms with Crippen LogP contribution < -0.4 is 19.9 Å². The number of fused-ring (bicyclic) bond motifs is 1. The van der Waals surface area contributed by atoms with Crippen LogP contribution in [-0.2, 0) is 22.6 Å². The number of carbonyl (C=O) groups is 1. The lowest BCUT2D eigenvalue weighted by Crippen LogP contribution is -2.29. The first kappa shape index (κ1) is 21.1. The Bertz CT molecular complexity index is 1270. The third-order valence-electron chi connectivity index (χ3n) is 5.60. The van der Waals surface area contributed by atoms with Crippen LogP contribution in [0.5, 0.6) is 11.6 Å². The number of hydrogen-bond donors (Lipinski definition) is 0. The van der Waals surface area contributed by atoms with Gasteiger partial charge in [0.05, 0.1) is 63.2 Å². The number of aromatic nitrogens is 3. The molecule has 0 aromatic carbocycles. The first-order chi connectivity index (χ1) is 16.1. The largest absolute Gasteiger partial charge is 0.491 e. The van der Waals surface area contributed by atoms with Crippen LogP contribution in [0.15, 0.2) is 47.5 Å². The molecular formula is C23H22N4O6. The molecule has 0 spiro atoms. The molecule has 0 bridgehead atoms. The Hall–Kier alpha value is -3.76. The lowest BCUT2D eigenvalue weighted by molar-refractivity contribution is -0.0530. The zero-order valence-electron chi connectivity index (χ0n) is 18.2. The Morgan fingerprint density at radius 3 is 2.67 bits per heavy atom. The van der Waals surface area contributed by atoms with Gasteiger partial charge in [-0.15, -0.1) is 0 Å². The smallest absolute Gasteiger partial charge is 0.260 e. The van der Waals surface area contributed by atoms with E-state index in [0.29, 0.717) is 47.5 Å². The van der Waals surface area contributed by atoms with E-state index in [0.717, 1.165) is 5.56 Å². The maximum absolute atomic E-state index is 13.1. The van der Waals surface area contributed by atoms with Gasteiger partial charge in [0.2, 0.25) is 0 Å². The molecule has 0 unspecified atom stereocenters. The second-order valence-corrected chi connectivity index (χ2v) is 7.57. The fraction of sp³-hybridized carbons (Fsp3) is 0.304. The molecule has 3 aromatic rings. The quantitative estimate of drug-likeness (QED) is 0.560. The summed E-state index contributed by atoms with van der Waals surface area (Å²) in [6, 6.07) is 8.40. The second kappa shape index (κ2) is 8.64. The van der Waals surface area contributed by atoms with Gasteiger partial charge in [-0.2, -0.15) is 0 Å². The van der Waals surface area contributed by atoms with Gasteiger partial charge in [-0.05, 0) is 24.3 Å². The summed E-state index contributed by atoms with van der Waals surface area (Å²) in [7, 11) is 3.07. The summed E-state index contributed by atoms with van der Waals surface area (Å²) in [6.07, 6.45) is 2.83. The van der Waals surface area contributed by atoms with E-state index in [4.69, 9.17) is 23.9 Å². The Balaban J connectivity index is 1.42. The van der Waals surface area contributed by atoms with Crippen molar-refractivity contribution in [1.82, 2.24) is 14.5 Å². The van der Waals surface area contributed by atoms with Crippen LogP contribution in [0.1, 0.15) is 16.1 Å². The molecule has 1 saturated heterocycles. The van der Waals surface area contributed by atoms with Gasteiger partial charge < -0.3 is 28.4 Å². The molecule has 1 fully saturated rings. The van der Waals surface area contributed by atoms with Crippen LogP contribution in [0.3, 0.4) is 0 Å². The molecule has 33 heavy (non-hydrogen) atoms. The molecule has 10 heteroatoms. The standard InChI is InChI=1S/C23H22N4O6/c1-30-19-9-14(10-24-22(19)31-2)17-5-4-16-18(25-17)12-27(23(16)29)15-3-6-20(28)26(11-15)13-21-32-7-8-33-21/h3-6,9-11,21H,7-8,12-13H2,1-2H3. The first-order valence-corrected chi connectivity index (χ1v) is 10.4. The summed E-state index contributed by atoms with van der Waals surface area (Å²) in [5.74, 6) is 0.702. The molecule has 2 aliphatic heterocycles. The summed E-state index contributed by atoms with van der Waals surface area (Å²) in [6.45, 7) is 1.55. The molecule has 0 aliphatic carbocycles. The molecule has 0 saturated carbocycles. The van der Waals surface area contributed by atoms with Crippen molar-refractivity contribution in [3.8, 4) is 22.9 Å². The summed E-state index contributed by atoms with van der Waals surface area (Å²) in [5.41, 5.74) is 2.98. The van der Waals surface area contributed by atoms with E-state index in [1.807, 2.05) is 0 Å². The van der Waals surface area contributed by atoms with Gasteiger partial charge in [0.25, 0.3) is 17.3 Å². The topological polar surface area (TPSA) is 105 Å². The number of carbonyl (C=O) groups excluding carboxylic acids is 1. The van der Waals surface area contributed by atoms with Crippen LogP contribution in [-0.4, -0.2) is 54.2 Å². The molecule has 170 valence electrons. The van der Waals surface area contributed by atoms with Gasteiger partial charge in [0.1, 0.15) is 0 Å². The zero-order valence-corrected chi connectivity index (χ0v) is 18.2. The first-order valence-electron chi connectivity index (χ1n) is 10.4. The average molecular weight is 450 g/mol. The SMILES string of the molecule is COc1cc(-c2ccc3c(n2)CN(c2ccc(=O)n(CC4OCCO4)c2)C3=O)cnc1OC. The van der Waals surface area contributed by atoms with Gasteiger partial charge in [-0.3, -0.25) is 14.6 Å². The molecule has 5 rings (SSSR count). The predicted molar refractivity (Wildman–Crippen MR) is 117 cm³/mol. The van der Waals surface area contributed by atoms with Gasteiger partial charge >= 0.3 is 0 Å². The predicted octanol–water partition coefficient (Wildman–Crippen LogP) is 1.86. The highest BCUT2D eigenvalue weighted by Gasteiger charge is 2.31. The van der Waals surface area contributed by atoms with Gasteiger partial charge in [-0.1, -0.05) is 0 Å². The number of methoxy groups -OCH3 is 2. The Kier molecular flexibility index (Phi) is 5.53. The van der Waals surface area contributed by atoms with Crippen molar-refractivity contribution < 1.29 is 23.7 Å². The van der Waals surface area contributed by atoms with E-state index in [1.165, 1.54) is 17.7 Å². The van der Waals surface area contributed by atoms with Crippen LogP contribution >= 0.6 is 0 Å². The highest BCUT2D eigenvalue weighted by molar-refractivity contribution is 6.09. The maximum Gasteiger partial charge on any atom is 0.260 e. The molecule has 2 aliphatic rings. The minimum absolute atomic E-state index is 0.173. The average Bonchev–Trinajstić information content (AvgIpc) is 3.47. The van der Waals surface area contributed by atoms with Crippen LogP contribution in [0, 0.1) is 0 Å². The van der Waals surface area contributed by atoms with E-state index in [9.17, 15) is 9.59 Å². The monoisotopic (exact) mass is 450 g/mol. The summed E-state index contributed by atoms with van der Waals surface area (Å²) in [5, 5.41) is 0. The molecule has 0 radical (unpaired) electrons. The molecule has 3 aromatic heterocycles. The lowest BCUT2D eigenvalue weighted by Gasteiger charge is -2.18. The molecule has 0 N–H and O–H groups in total. The molecule has 1 amide bonds. The number of hydrogen-bond acceptors (Lipinski definition) is 8. The van der Waals surface area contributed by atoms with E-state index >= 15 is 0 Å². The van der Waals surface area contributed by atoms with E-state index in [1.54, 1.807) is 48.7 Å². The van der Waals surface area contributed by atoms with Gasteiger partial charge in [-0.25, -0.2) is 4.98 Å². The number of amides is 1. The Labute approximate surface area is 189 Å². The van der Waals surface area contributed by atoms with Crippen molar-refractivity contribution in [1.29, 1.82) is 0 Å². The van der Waals surface area contributed by atoms with Crippen LogP contribution in [0.4, 0.5) is 5.69 Å². The number of nitrogens with zero attached hydrogens (tertiary/aromatic N) is 4. The van der Waals surface area contributed by atoms with E-state index in [2.05, 4.69) is 4.98 Å². The highest BCUT2D eigenvalue weighted by atomic mass is 16.7. The lowest BCUT2D eigenvalue weighted by atomic mass is 10.1. The number of rotatable bonds is 6. The van der Waals surface area contributed by atoms with Crippen molar-refractivity contribution in [2.45, 2.75) is 19.4 Å². The number of pyridine rings is 3. The van der Waals surface area contributed by atoms with Gasteiger partial charge in [0, 0.05) is 24.0 Å². The molecule has 10 nitrogen and oxygen atoms in total. The van der Waals surface area contributed by atoms with Crippen LogP contribution in [0.25, 0.3) is 11.3 Å². The summed E-state index contributed by atoms with van der Waals surface area (Å²) >= 11 is 0. The third kappa shape index (κ3) is 3.94. The van der Waals surface area contributed by atoms with Crippen molar-refractivity contribution in [2.24, 2.45) is 0 Å². The zero-order chi connectivity index (χ0) is 22.9. The maximum atomic E-state index is 13.1. The number of anilines is 1. The molecular weight excluding hydrogens is 428 g/mol. The fourth-order valence-corrected chi connectivity index (χ4v) is 3.92. The normalized spacial score (nSPS) is 15.7. The minimum Gasteiger partial charge on any atom is -0.491 e. The van der Waals surface area contributed by atoms with Gasteiger partial charge in [0.15, 0.2) is 12.0 Å². The third-order valence-corrected chi connectivity index (χ3v) is 5.60.